The van der Waals surface area contributed by atoms with Crippen LogP contribution in [0.5, 0.6) is 0 Å². The highest BCUT2D eigenvalue weighted by Gasteiger charge is 2.27. The molecule has 0 saturated carbocycles. The highest BCUT2D eigenvalue weighted by Crippen LogP contribution is 2.15. The molecule has 0 aromatic carbocycles. The van der Waals surface area contributed by atoms with E-state index in [-0.39, 0.29) is 11.4 Å². The molecule has 1 atom stereocenters. The zero-order valence-corrected chi connectivity index (χ0v) is 14.4. The molecule has 2 aromatic rings. The number of carbonyl (C=O) groups is 1. The van der Waals surface area contributed by atoms with Crippen molar-refractivity contribution in [3.8, 4) is 0 Å². The van der Waals surface area contributed by atoms with Crippen molar-refractivity contribution >= 4 is 22.9 Å². The van der Waals surface area contributed by atoms with Gasteiger partial charge in [0.25, 0.3) is 5.56 Å². The first-order chi connectivity index (χ1) is 10.8. The number of nitrogen functional groups attached to an aromatic ring is 1. The maximum absolute atomic E-state index is 12.7. The molecule has 0 aliphatic rings. The van der Waals surface area contributed by atoms with Gasteiger partial charge in [0.2, 0.25) is 0 Å². The number of nitrogens with zero attached hydrogens (tertiary/aromatic N) is 3. The fourth-order valence-electron chi connectivity index (χ4n) is 2.29. The number of ketones is 1. The number of nitrogens with two attached hydrogens (primary N) is 1. The van der Waals surface area contributed by atoms with Gasteiger partial charge in [-0.3, -0.25) is 23.6 Å². The first-order valence-corrected chi connectivity index (χ1v) is 7.96. The van der Waals surface area contributed by atoms with Crippen molar-refractivity contribution < 1.29 is 4.79 Å². The minimum Gasteiger partial charge on any atom is -0.384 e. The Kier molecular flexibility index (Phi) is 4.86. The van der Waals surface area contributed by atoms with Crippen molar-refractivity contribution in [3.05, 3.63) is 48.8 Å². The van der Waals surface area contributed by atoms with Crippen molar-refractivity contribution in [2.45, 2.75) is 19.5 Å². The molecule has 0 fully saturated rings. The molecule has 23 heavy (non-hydrogen) atoms. The molecule has 0 saturated heterocycles. The van der Waals surface area contributed by atoms with E-state index in [0.717, 1.165) is 14.0 Å². The van der Waals surface area contributed by atoms with Gasteiger partial charge < -0.3 is 5.73 Å². The van der Waals surface area contributed by atoms with Gasteiger partial charge in [-0.05, 0) is 25.4 Å². The molecule has 2 rings (SSSR count). The maximum atomic E-state index is 12.7. The van der Waals surface area contributed by atoms with E-state index in [1.165, 1.54) is 14.1 Å². The molecule has 0 spiro atoms. The Morgan fingerprint density at radius 1 is 1.35 bits per heavy atom. The molecule has 8 heteroatoms. The standard InChI is InChI=1S/C15H20N4O3S/c1-9(17(2)8-10-6-5-7-23-10)12(20)11-13(16)18(3)15(22)19(4)14(11)21/h5-7,9H,8,16H2,1-4H3/t9-/m1/s1. The highest BCUT2D eigenvalue weighted by atomic mass is 32.1. The lowest BCUT2D eigenvalue weighted by Crippen LogP contribution is -2.45. The molecule has 0 bridgehead atoms. The van der Waals surface area contributed by atoms with Crippen molar-refractivity contribution in [1.82, 2.24) is 14.0 Å². The van der Waals surface area contributed by atoms with E-state index in [1.807, 2.05) is 29.5 Å². The Bertz CT molecular complexity index is 836. The van der Waals surface area contributed by atoms with Crippen molar-refractivity contribution in [1.29, 1.82) is 0 Å². The SMILES string of the molecule is C[C@H](C(=O)c1c(N)n(C)c(=O)n(C)c1=O)N(C)Cc1cccs1. The summed E-state index contributed by atoms with van der Waals surface area (Å²) in [6.45, 7) is 2.32. The molecule has 0 aliphatic heterocycles. The van der Waals surface area contributed by atoms with Gasteiger partial charge in [0.05, 0.1) is 6.04 Å². The van der Waals surface area contributed by atoms with Crippen LogP contribution in [-0.4, -0.2) is 32.9 Å². The molecule has 0 aliphatic carbocycles. The quantitative estimate of drug-likeness (QED) is 0.800. The normalized spacial score (nSPS) is 12.6. The summed E-state index contributed by atoms with van der Waals surface area (Å²) in [7, 11) is 4.58. The lowest BCUT2D eigenvalue weighted by atomic mass is 10.1. The summed E-state index contributed by atoms with van der Waals surface area (Å²) in [4.78, 5) is 39.8. The first kappa shape index (κ1) is 17.2. The fourth-order valence-corrected chi connectivity index (χ4v) is 3.05. The van der Waals surface area contributed by atoms with Gasteiger partial charge in [0.1, 0.15) is 11.4 Å². The molecule has 0 radical (unpaired) electrons. The average Bonchev–Trinajstić information content (AvgIpc) is 3.03. The van der Waals surface area contributed by atoms with E-state index < -0.39 is 23.1 Å². The van der Waals surface area contributed by atoms with Gasteiger partial charge in [0, 0.05) is 25.5 Å². The van der Waals surface area contributed by atoms with Crippen LogP contribution in [0.1, 0.15) is 22.2 Å². The van der Waals surface area contributed by atoms with E-state index >= 15 is 0 Å². The summed E-state index contributed by atoms with van der Waals surface area (Å²) >= 11 is 1.60. The molecule has 0 amide bonds. The van der Waals surface area contributed by atoms with E-state index in [2.05, 4.69) is 0 Å². The van der Waals surface area contributed by atoms with Crippen LogP contribution in [0.15, 0.2) is 27.1 Å². The molecule has 124 valence electrons. The van der Waals surface area contributed by atoms with Gasteiger partial charge in [-0.2, -0.15) is 0 Å². The lowest BCUT2D eigenvalue weighted by Gasteiger charge is -2.23. The van der Waals surface area contributed by atoms with Gasteiger partial charge in [-0.1, -0.05) is 6.07 Å². The maximum Gasteiger partial charge on any atom is 0.332 e. The van der Waals surface area contributed by atoms with Crippen molar-refractivity contribution in [3.63, 3.8) is 0 Å². The van der Waals surface area contributed by atoms with Crippen LogP contribution in [0.4, 0.5) is 5.82 Å². The van der Waals surface area contributed by atoms with E-state index in [0.29, 0.717) is 6.54 Å². The second-order valence-corrected chi connectivity index (χ2v) is 6.53. The minimum atomic E-state index is -0.660. The zero-order valence-electron chi connectivity index (χ0n) is 13.6. The number of anilines is 1. The number of hydrogen-bond donors (Lipinski definition) is 1. The predicted molar refractivity (Wildman–Crippen MR) is 90.9 cm³/mol. The minimum absolute atomic E-state index is 0.0977. The second-order valence-electron chi connectivity index (χ2n) is 5.50. The fraction of sp³-hybridized carbons (Fsp3) is 0.400. The topological polar surface area (TPSA) is 90.3 Å². The van der Waals surface area contributed by atoms with Crippen LogP contribution in [-0.2, 0) is 20.6 Å². The van der Waals surface area contributed by atoms with E-state index in [9.17, 15) is 14.4 Å². The Labute approximate surface area is 137 Å². The summed E-state index contributed by atoms with van der Waals surface area (Å²) in [5.74, 6) is -0.489. The summed E-state index contributed by atoms with van der Waals surface area (Å²) in [5.41, 5.74) is 4.49. The Morgan fingerprint density at radius 2 is 2.00 bits per heavy atom. The van der Waals surface area contributed by atoms with E-state index in [1.54, 1.807) is 18.3 Å². The molecule has 2 heterocycles. The van der Waals surface area contributed by atoms with Crippen LogP contribution in [0.3, 0.4) is 0 Å². The number of hydrogen-bond acceptors (Lipinski definition) is 6. The Balaban J connectivity index is 2.37. The summed E-state index contributed by atoms with van der Waals surface area (Å²) in [5, 5.41) is 1.97. The third-order valence-corrected chi connectivity index (χ3v) is 4.84. The van der Waals surface area contributed by atoms with Crippen molar-refractivity contribution in [2.24, 2.45) is 14.1 Å². The molecule has 0 unspecified atom stereocenters. The molecule has 2 N–H and O–H groups in total. The molecule has 2 aromatic heterocycles. The number of aromatic nitrogens is 2. The van der Waals surface area contributed by atoms with Crippen LogP contribution in [0, 0.1) is 0 Å². The van der Waals surface area contributed by atoms with Crippen LogP contribution in [0.25, 0.3) is 0 Å². The van der Waals surface area contributed by atoms with Crippen LogP contribution >= 0.6 is 11.3 Å². The monoisotopic (exact) mass is 336 g/mol. The Hall–Kier alpha value is -2.19. The largest absolute Gasteiger partial charge is 0.384 e. The highest BCUT2D eigenvalue weighted by molar-refractivity contribution is 7.09. The number of likely N-dealkylation sites (N-methyl/N-ethyl adjacent to an activating group) is 1. The van der Waals surface area contributed by atoms with Gasteiger partial charge in [0.15, 0.2) is 5.78 Å². The first-order valence-electron chi connectivity index (χ1n) is 7.08. The number of Topliss-reactive ketones (excluding diaryl/α,β-unsaturated/α-hetero) is 1. The van der Waals surface area contributed by atoms with E-state index in [4.69, 9.17) is 5.73 Å². The third kappa shape index (κ3) is 3.13. The molecule has 7 nitrogen and oxygen atoms in total. The number of carbonyl (C=O) groups excluding carboxylic acids is 1. The van der Waals surface area contributed by atoms with Crippen molar-refractivity contribution in [2.75, 3.05) is 12.8 Å². The molecular formula is C15H20N4O3S. The number of thiophene rings is 1. The average molecular weight is 336 g/mol. The van der Waals surface area contributed by atoms with Gasteiger partial charge in [-0.25, -0.2) is 4.79 Å². The number of rotatable bonds is 5. The second kappa shape index (κ2) is 6.51. The van der Waals surface area contributed by atoms with Gasteiger partial charge in [-0.15, -0.1) is 11.3 Å². The summed E-state index contributed by atoms with van der Waals surface area (Å²) in [6, 6.07) is 3.39. The van der Waals surface area contributed by atoms with Crippen LogP contribution in [0.2, 0.25) is 0 Å². The lowest BCUT2D eigenvalue weighted by molar-refractivity contribution is 0.0861. The summed E-state index contributed by atoms with van der Waals surface area (Å²) in [6.07, 6.45) is 0. The predicted octanol–water partition coefficient (Wildman–Crippen LogP) is 0.431. The van der Waals surface area contributed by atoms with Crippen LogP contribution < -0.4 is 17.0 Å². The third-order valence-electron chi connectivity index (χ3n) is 3.98. The summed E-state index contributed by atoms with van der Waals surface area (Å²) < 4.78 is 2.01. The Morgan fingerprint density at radius 3 is 2.57 bits per heavy atom. The smallest absolute Gasteiger partial charge is 0.332 e. The van der Waals surface area contributed by atoms with Gasteiger partial charge >= 0.3 is 5.69 Å². The zero-order chi connectivity index (χ0) is 17.3. The molecular weight excluding hydrogens is 316 g/mol.